The molecular weight excluding hydrogens is 731 g/mol. The fourth-order valence-corrected chi connectivity index (χ4v) is 11.4. The molecule has 0 atom stereocenters. The Kier molecular flexibility index (Phi) is 6.28. The lowest BCUT2D eigenvalue weighted by Crippen LogP contribution is -2.36. The Morgan fingerprint density at radius 1 is 0.474 bits per heavy atom. The predicted molar refractivity (Wildman–Crippen MR) is 238 cm³/mol. The first-order valence-electron chi connectivity index (χ1n) is 21.4. The highest BCUT2D eigenvalue weighted by atomic mass is 32.2. The van der Waals surface area contributed by atoms with Gasteiger partial charge >= 0.3 is 0 Å². The van der Waals surface area contributed by atoms with Crippen molar-refractivity contribution in [3.63, 3.8) is 0 Å². The molecule has 2 aliphatic heterocycles. The molecule has 9 aromatic carbocycles. The van der Waals surface area contributed by atoms with Gasteiger partial charge in [0.2, 0.25) is 0 Å². The zero-order valence-electron chi connectivity index (χ0n) is 35.3. The molecule has 268 valence electrons. The number of fused-ring (bicyclic) bond motifs is 13. The molecule has 0 aliphatic carbocycles. The zero-order chi connectivity index (χ0) is 41.9. The minimum atomic E-state index is -0.622. The monoisotopic (exact) mass is 768 g/mol. The van der Waals surface area contributed by atoms with Crippen molar-refractivity contribution in [1.29, 1.82) is 0 Å². The lowest BCUT2D eigenvalue weighted by atomic mass is 9.64. The fourth-order valence-electron chi connectivity index (χ4n) is 9.06. The highest BCUT2D eigenvalue weighted by molar-refractivity contribution is 8.00. The van der Waals surface area contributed by atoms with E-state index >= 15 is 0 Å². The van der Waals surface area contributed by atoms with Crippen molar-refractivity contribution in [3.05, 3.63) is 222 Å². The normalized spacial score (nSPS) is 14.8. The predicted octanol–water partition coefficient (Wildman–Crippen LogP) is 15.2. The molecule has 0 saturated heterocycles. The van der Waals surface area contributed by atoms with Crippen molar-refractivity contribution in [1.82, 2.24) is 0 Å². The summed E-state index contributed by atoms with van der Waals surface area (Å²) in [5, 5.41) is 4.02. The number of furan rings is 1. The maximum atomic E-state index is 8.75. The minimum Gasteiger partial charge on any atom is -0.455 e. The molecule has 0 N–H and O–H groups in total. The first-order valence-corrected chi connectivity index (χ1v) is 20.6. The molecule has 0 bridgehead atoms. The van der Waals surface area contributed by atoms with Gasteiger partial charge in [-0.2, -0.15) is 0 Å². The van der Waals surface area contributed by atoms with Crippen LogP contribution in [0.15, 0.2) is 224 Å². The smallest absolute Gasteiger partial charge is 0.145 e. The summed E-state index contributed by atoms with van der Waals surface area (Å²) >= 11 is 3.63. The summed E-state index contributed by atoms with van der Waals surface area (Å²) in [5.41, 5.74) is 9.31. The van der Waals surface area contributed by atoms with Crippen LogP contribution in [0.4, 0.5) is 17.1 Å². The number of hydrogen-bond donors (Lipinski definition) is 0. The van der Waals surface area contributed by atoms with Crippen molar-refractivity contribution < 1.29 is 11.3 Å². The maximum absolute atomic E-state index is 8.75. The molecule has 0 unspecified atom stereocenters. The van der Waals surface area contributed by atoms with Crippen LogP contribution in [0.3, 0.4) is 0 Å². The Balaban J connectivity index is 1.16. The molecule has 4 heteroatoms. The van der Waals surface area contributed by atoms with Gasteiger partial charge in [-0.1, -0.05) is 163 Å². The van der Waals surface area contributed by atoms with Crippen LogP contribution in [-0.2, 0) is 5.41 Å². The molecule has 0 amide bonds. The molecule has 0 fully saturated rings. The number of benzene rings is 9. The third-order valence-corrected chi connectivity index (χ3v) is 13.7. The average Bonchev–Trinajstić information content (AvgIpc) is 3.71. The first kappa shape index (κ1) is 28.0. The largest absolute Gasteiger partial charge is 0.455 e. The second-order valence-corrected chi connectivity index (χ2v) is 16.6. The van der Waals surface area contributed by atoms with E-state index in [1.165, 1.54) is 41.8 Å². The summed E-state index contributed by atoms with van der Waals surface area (Å²) in [7, 11) is 0. The van der Waals surface area contributed by atoms with Crippen LogP contribution in [0.5, 0.6) is 0 Å². The van der Waals surface area contributed by atoms with E-state index in [1.807, 2.05) is 66.4 Å². The number of rotatable bonds is 4. The Labute approximate surface area is 346 Å². The van der Waals surface area contributed by atoms with Gasteiger partial charge < -0.3 is 9.32 Å². The van der Waals surface area contributed by atoms with Gasteiger partial charge in [0.25, 0.3) is 0 Å². The van der Waals surface area contributed by atoms with E-state index in [1.54, 1.807) is 11.8 Å². The average molecular weight is 769 g/mol. The summed E-state index contributed by atoms with van der Waals surface area (Å²) < 4.78 is 49.2. The molecule has 10 aromatic rings. The van der Waals surface area contributed by atoms with Crippen LogP contribution in [0.2, 0.25) is 0 Å². The standard InChI is InChI=1S/C53H33NOS2/c1-2-14-34(15-3-1)35-26-28-37(29-27-35)54(45-32-36-16-4-5-17-39(36)52-51(45)40-18-6-10-22-46(40)55-52)38-30-31-50-44(33-38)53(43-21-9-13-25-49(43)57-50)41-19-7-11-23-47(41)56-48-24-12-8-20-42(48)53/h1-33H/i1D,2D,3D,14D,15D. The lowest BCUT2D eigenvalue weighted by molar-refractivity contribution is 0.667. The quantitative estimate of drug-likeness (QED) is 0.177. The van der Waals surface area contributed by atoms with Crippen molar-refractivity contribution >= 4 is 73.3 Å². The molecule has 57 heavy (non-hydrogen) atoms. The second kappa shape index (κ2) is 12.8. The van der Waals surface area contributed by atoms with Crippen LogP contribution in [0.1, 0.15) is 29.1 Å². The third kappa shape index (κ3) is 4.88. The molecule has 3 heterocycles. The van der Waals surface area contributed by atoms with Crippen LogP contribution in [0, 0.1) is 0 Å². The van der Waals surface area contributed by atoms with Crippen LogP contribution in [0.25, 0.3) is 43.8 Å². The Morgan fingerprint density at radius 2 is 1.04 bits per heavy atom. The van der Waals surface area contributed by atoms with Crippen molar-refractivity contribution in [2.75, 3.05) is 4.90 Å². The molecule has 1 aromatic heterocycles. The molecule has 2 nitrogen and oxygen atoms in total. The summed E-state index contributed by atoms with van der Waals surface area (Å²) in [4.78, 5) is 7.15. The van der Waals surface area contributed by atoms with Gasteiger partial charge in [-0.15, -0.1) is 0 Å². The van der Waals surface area contributed by atoms with E-state index in [2.05, 4.69) is 120 Å². The Bertz CT molecular complexity index is 3380. The fraction of sp³-hybridized carbons (Fsp3) is 0.0189. The van der Waals surface area contributed by atoms with Gasteiger partial charge in [-0.25, -0.2) is 0 Å². The van der Waals surface area contributed by atoms with Crippen LogP contribution in [-0.4, -0.2) is 0 Å². The number of para-hydroxylation sites is 1. The van der Waals surface area contributed by atoms with Gasteiger partial charge in [-0.05, 0) is 99.4 Å². The SMILES string of the molecule is [2H]c1c([2H])c([2H])c(-c2ccc(N(c3ccc4c(c3)C3(c5ccccc5Sc5ccccc53)c3ccccc3S4)c3cc4ccccc4c4oc5ccccc5c34)cc2)c([2H])c1[2H]. The molecule has 0 saturated carbocycles. The number of anilines is 3. The summed E-state index contributed by atoms with van der Waals surface area (Å²) in [6.07, 6.45) is 0. The Morgan fingerprint density at radius 3 is 1.72 bits per heavy atom. The van der Waals surface area contributed by atoms with Gasteiger partial charge in [0.1, 0.15) is 11.2 Å². The lowest BCUT2D eigenvalue weighted by Gasteiger charge is -2.46. The molecular formula is C53H33NOS2. The third-order valence-electron chi connectivity index (χ3n) is 11.4. The topological polar surface area (TPSA) is 16.4 Å². The second-order valence-electron chi connectivity index (χ2n) is 14.4. The van der Waals surface area contributed by atoms with Crippen LogP contribution < -0.4 is 4.90 Å². The summed E-state index contributed by atoms with van der Waals surface area (Å²) in [6, 6.07) is 58.1. The summed E-state index contributed by atoms with van der Waals surface area (Å²) in [6.45, 7) is 0. The number of hydrogen-bond acceptors (Lipinski definition) is 4. The van der Waals surface area contributed by atoms with E-state index in [0.717, 1.165) is 49.8 Å². The van der Waals surface area contributed by atoms with Gasteiger partial charge in [0.15, 0.2) is 0 Å². The van der Waals surface area contributed by atoms with E-state index in [4.69, 9.17) is 11.3 Å². The van der Waals surface area contributed by atoms with Crippen LogP contribution >= 0.6 is 23.5 Å². The molecule has 0 radical (unpaired) electrons. The van der Waals surface area contributed by atoms with E-state index in [9.17, 15) is 0 Å². The van der Waals surface area contributed by atoms with Crippen molar-refractivity contribution in [3.8, 4) is 11.1 Å². The van der Waals surface area contributed by atoms with E-state index in [0.29, 0.717) is 5.56 Å². The first-order chi connectivity index (χ1) is 30.3. The van der Waals surface area contributed by atoms with E-state index < -0.39 is 11.5 Å². The van der Waals surface area contributed by atoms with Gasteiger partial charge in [0, 0.05) is 41.7 Å². The highest BCUT2D eigenvalue weighted by Crippen LogP contribution is 2.62. The zero-order valence-corrected chi connectivity index (χ0v) is 32.0. The van der Waals surface area contributed by atoms with Gasteiger partial charge in [-0.3, -0.25) is 0 Å². The Hall–Kier alpha value is -6.46. The summed E-state index contributed by atoms with van der Waals surface area (Å²) in [5.74, 6) is 0. The molecule has 2 aliphatic rings. The van der Waals surface area contributed by atoms with E-state index in [-0.39, 0.29) is 29.7 Å². The number of nitrogens with zero attached hydrogens (tertiary/aromatic N) is 1. The van der Waals surface area contributed by atoms with Gasteiger partial charge in [0.05, 0.1) is 23.3 Å². The molecule has 12 rings (SSSR count). The maximum Gasteiger partial charge on any atom is 0.145 e. The highest BCUT2D eigenvalue weighted by Gasteiger charge is 2.49. The van der Waals surface area contributed by atoms with Crippen molar-refractivity contribution in [2.45, 2.75) is 25.0 Å². The molecule has 1 spiro atoms. The van der Waals surface area contributed by atoms with Crippen molar-refractivity contribution in [2.24, 2.45) is 0 Å². The minimum absolute atomic E-state index is 0.168.